The van der Waals surface area contributed by atoms with E-state index in [4.69, 9.17) is 31.0 Å². The van der Waals surface area contributed by atoms with Crippen LogP contribution in [0.25, 0.3) is 11.0 Å². The van der Waals surface area contributed by atoms with Gasteiger partial charge in [0.1, 0.15) is 18.2 Å². The van der Waals surface area contributed by atoms with Crippen LogP contribution >= 0.6 is 11.6 Å². The first-order valence-corrected chi connectivity index (χ1v) is 15.5. The fourth-order valence-electron chi connectivity index (χ4n) is 5.92. The normalized spacial score (nSPS) is 19.3. The molecule has 1 saturated carbocycles. The zero-order chi connectivity index (χ0) is 29.3. The maximum Gasteiger partial charge on any atom is 0.227 e. The lowest BCUT2D eigenvalue weighted by molar-refractivity contribution is -0.117. The first-order valence-electron chi connectivity index (χ1n) is 15.2. The largest absolute Gasteiger partial charge is 0.473 e. The van der Waals surface area contributed by atoms with Gasteiger partial charge in [0.15, 0.2) is 0 Å². The summed E-state index contributed by atoms with van der Waals surface area (Å²) in [5.74, 6) is 1.72. The lowest BCUT2D eigenvalue weighted by atomic mass is 9.93. The summed E-state index contributed by atoms with van der Waals surface area (Å²) in [6, 6.07) is 16.4. The maximum absolute atomic E-state index is 14.2. The summed E-state index contributed by atoms with van der Waals surface area (Å²) in [5, 5.41) is 3.42. The van der Waals surface area contributed by atoms with E-state index in [2.05, 4.69) is 20.9 Å². The highest BCUT2D eigenvalue weighted by atomic mass is 35.5. The molecule has 10 heteroatoms. The average Bonchev–Trinajstić information content (AvgIpc) is 3.78. The SMILES string of the molecule is O=C(Nc1ccc2c(c1)nc(CN1CCC(c3cccc(OCc4ccc(Cl)cc4F)n3)CC1)n2C[C@@H]1CCO1)C1CC1. The quantitative estimate of drug-likeness (QED) is 0.228. The number of likely N-dealkylation sites (tertiary alicyclic amines) is 1. The van der Waals surface area contributed by atoms with Crippen molar-refractivity contribution >= 4 is 34.2 Å². The summed E-state index contributed by atoms with van der Waals surface area (Å²) >= 11 is 5.86. The molecule has 4 aromatic rings. The van der Waals surface area contributed by atoms with Crippen molar-refractivity contribution in [3.63, 3.8) is 0 Å². The maximum atomic E-state index is 14.2. The number of ether oxygens (including phenoxy) is 2. The Morgan fingerprint density at radius 2 is 1.88 bits per heavy atom. The van der Waals surface area contributed by atoms with Crippen molar-refractivity contribution in [1.82, 2.24) is 19.4 Å². The summed E-state index contributed by atoms with van der Waals surface area (Å²) < 4.78 is 28.1. The average molecular weight is 604 g/mol. The number of nitrogens with one attached hydrogen (secondary N) is 1. The molecule has 3 fully saturated rings. The third-order valence-corrected chi connectivity index (χ3v) is 8.96. The predicted octanol–water partition coefficient (Wildman–Crippen LogP) is 6.32. The zero-order valence-corrected chi connectivity index (χ0v) is 24.7. The minimum absolute atomic E-state index is 0.0964. The number of piperidine rings is 1. The van der Waals surface area contributed by atoms with E-state index in [-0.39, 0.29) is 30.4 Å². The Hall–Kier alpha value is -3.53. The first-order chi connectivity index (χ1) is 21.0. The van der Waals surface area contributed by atoms with E-state index in [1.807, 2.05) is 30.3 Å². The summed E-state index contributed by atoms with van der Waals surface area (Å²) in [7, 11) is 0. The number of aromatic nitrogens is 3. The second-order valence-electron chi connectivity index (χ2n) is 11.9. The van der Waals surface area contributed by atoms with Crippen molar-refractivity contribution in [2.45, 2.75) is 63.8 Å². The number of imidazole rings is 1. The molecule has 4 heterocycles. The standard InChI is InChI=1S/C33H35ClFN5O3/c34-24-7-6-23(27(35)16-24)20-43-32-3-1-2-28(38-32)21-10-13-39(14-11-21)19-31-37-29-17-25(36-33(41)22-4-5-22)8-9-30(29)40(31)18-26-12-15-42-26/h1-3,6-9,16-17,21-22,26H,4-5,10-15,18-20H2,(H,36,41)/t26-/m0/s1. The van der Waals surface area contributed by atoms with Crippen LogP contribution in [0.4, 0.5) is 10.1 Å². The third kappa shape index (κ3) is 6.54. The van der Waals surface area contributed by atoms with Crippen LogP contribution in [0.2, 0.25) is 5.02 Å². The second-order valence-corrected chi connectivity index (χ2v) is 12.3. The Kier molecular flexibility index (Phi) is 8.03. The molecule has 224 valence electrons. The minimum Gasteiger partial charge on any atom is -0.473 e. The Bertz CT molecular complexity index is 1630. The first kappa shape index (κ1) is 28.3. The Morgan fingerprint density at radius 3 is 2.63 bits per heavy atom. The molecule has 7 rings (SSSR count). The van der Waals surface area contributed by atoms with E-state index >= 15 is 0 Å². The van der Waals surface area contributed by atoms with E-state index in [9.17, 15) is 9.18 Å². The van der Waals surface area contributed by atoms with Crippen LogP contribution in [0.15, 0.2) is 54.6 Å². The lowest BCUT2D eigenvalue weighted by Crippen LogP contribution is -2.35. The van der Waals surface area contributed by atoms with Gasteiger partial charge in [0, 0.05) is 46.5 Å². The smallest absolute Gasteiger partial charge is 0.227 e. The highest BCUT2D eigenvalue weighted by Crippen LogP contribution is 2.32. The fourth-order valence-corrected chi connectivity index (χ4v) is 6.08. The van der Waals surface area contributed by atoms with Crippen molar-refractivity contribution in [1.29, 1.82) is 0 Å². The predicted molar refractivity (Wildman–Crippen MR) is 163 cm³/mol. The Labute approximate surface area is 255 Å². The van der Waals surface area contributed by atoms with Crippen LogP contribution in [0.3, 0.4) is 0 Å². The molecule has 1 N–H and O–H groups in total. The van der Waals surface area contributed by atoms with Gasteiger partial charge in [0.05, 0.1) is 30.2 Å². The number of halogens is 2. The van der Waals surface area contributed by atoms with Crippen LogP contribution in [-0.2, 0) is 29.2 Å². The van der Waals surface area contributed by atoms with Gasteiger partial charge in [-0.05, 0) is 81.6 Å². The van der Waals surface area contributed by atoms with Crippen molar-refractivity contribution in [2.75, 3.05) is 25.0 Å². The molecule has 2 aromatic heterocycles. The summed E-state index contributed by atoms with van der Waals surface area (Å²) in [5.41, 5.74) is 4.22. The van der Waals surface area contributed by atoms with E-state index in [1.165, 1.54) is 6.07 Å². The summed E-state index contributed by atoms with van der Waals surface area (Å²) in [4.78, 5) is 24.6. The van der Waals surface area contributed by atoms with Crippen LogP contribution < -0.4 is 10.1 Å². The second kappa shape index (κ2) is 12.2. The van der Waals surface area contributed by atoms with Crippen LogP contribution in [-0.4, -0.2) is 51.1 Å². The van der Waals surface area contributed by atoms with Crippen molar-refractivity contribution in [3.8, 4) is 5.88 Å². The molecule has 0 unspecified atom stereocenters. The molecule has 0 bridgehead atoms. The van der Waals surface area contributed by atoms with Gasteiger partial charge in [-0.2, -0.15) is 0 Å². The molecule has 3 aliphatic rings. The van der Waals surface area contributed by atoms with E-state index in [0.717, 1.165) is 93.1 Å². The molecule has 0 spiro atoms. The fraction of sp³-hybridized carbons (Fsp3) is 0.424. The molecule has 2 saturated heterocycles. The lowest BCUT2D eigenvalue weighted by Gasteiger charge is -2.32. The van der Waals surface area contributed by atoms with Crippen LogP contribution in [0.1, 0.15) is 55.1 Å². The number of hydrogen-bond donors (Lipinski definition) is 1. The van der Waals surface area contributed by atoms with Crippen LogP contribution in [0, 0.1) is 11.7 Å². The minimum atomic E-state index is -0.384. The molecule has 8 nitrogen and oxygen atoms in total. The number of nitrogens with zero attached hydrogens (tertiary/aromatic N) is 4. The van der Waals surface area contributed by atoms with E-state index in [0.29, 0.717) is 22.4 Å². The van der Waals surface area contributed by atoms with Gasteiger partial charge in [0.25, 0.3) is 0 Å². The van der Waals surface area contributed by atoms with Gasteiger partial charge >= 0.3 is 0 Å². The number of rotatable bonds is 10. The van der Waals surface area contributed by atoms with Gasteiger partial charge in [0.2, 0.25) is 11.8 Å². The molecule has 43 heavy (non-hydrogen) atoms. The molecule has 2 aromatic carbocycles. The molecule has 0 radical (unpaired) electrons. The van der Waals surface area contributed by atoms with Crippen molar-refractivity contribution < 1.29 is 18.7 Å². The number of amides is 1. The number of carbonyl (C=O) groups is 1. The van der Waals surface area contributed by atoms with Crippen LogP contribution in [0.5, 0.6) is 5.88 Å². The number of fused-ring (bicyclic) bond motifs is 1. The summed E-state index contributed by atoms with van der Waals surface area (Å²) in [6.45, 7) is 4.31. The van der Waals surface area contributed by atoms with Gasteiger partial charge in [-0.1, -0.05) is 23.7 Å². The Morgan fingerprint density at radius 1 is 1.05 bits per heavy atom. The molecule has 1 atom stereocenters. The van der Waals surface area contributed by atoms with Gasteiger partial charge in [-0.15, -0.1) is 0 Å². The van der Waals surface area contributed by atoms with Crippen molar-refractivity contribution in [3.05, 3.63) is 82.5 Å². The molecular weight excluding hydrogens is 569 g/mol. The number of carbonyl (C=O) groups excluding carboxylic acids is 1. The number of anilines is 1. The molecule has 2 aliphatic heterocycles. The highest BCUT2D eigenvalue weighted by molar-refractivity contribution is 6.30. The molecule has 1 amide bonds. The number of benzene rings is 2. The van der Waals surface area contributed by atoms with Gasteiger partial charge in [-0.25, -0.2) is 14.4 Å². The molecular formula is C33H35ClFN5O3. The molecule has 1 aliphatic carbocycles. The highest BCUT2D eigenvalue weighted by Gasteiger charge is 2.30. The van der Waals surface area contributed by atoms with Crippen molar-refractivity contribution in [2.24, 2.45) is 5.92 Å². The monoisotopic (exact) mass is 603 g/mol. The topological polar surface area (TPSA) is 81.5 Å². The Balaban J connectivity index is 1.00. The van der Waals surface area contributed by atoms with Gasteiger partial charge < -0.3 is 19.4 Å². The van der Waals surface area contributed by atoms with E-state index < -0.39 is 0 Å². The third-order valence-electron chi connectivity index (χ3n) is 8.73. The summed E-state index contributed by atoms with van der Waals surface area (Å²) in [6.07, 6.45) is 5.19. The number of hydrogen-bond acceptors (Lipinski definition) is 6. The number of pyridine rings is 1. The van der Waals surface area contributed by atoms with E-state index in [1.54, 1.807) is 12.1 Å². The van der Waals surface area contributed by atoms with Gasteiger partial charge in [-0.3, -0.25) is 9.69 Å². The zero-order valence-electron chi connectivity index (χ0n) is 24.0.